The van der Waals surface area contributed by atoms with Crippen molar-refractivity contribution in [2.24, 2.45) is 0 Å². The molecule has 0 aliphatic carbocycles. The van der Waals surface area contributed by atoms with Crippen LogP contribution in [0.2, 0.25) is 5.02 Å². The summed E-state index contributed by atoms with van der Waals surface area (Å²) in [6.45, 7) is 1.61. The number of benzene rings is 2. The fourth-order valence-corrected chi connectivity index (χ4v) is 4.22. The van der Waals surface area contributed by atoms with Crippen molar-refractivity contribution in [3.8, 4) is 0 Å². The van der Waals surface area contributed by atoms with Gasteiger partial charge < -0.3 is 9.88 Å². The first-order chi connectivity index (χ1) is 15.6. The molecule has 1 N–H and O–H groups in total. The van der Waals surface area contributed by atoms with Crippen LogP contribution in [0.5, 0.6) is 0 Å². The molecule has 1 atom stereocenters. The Morgan fingerprint density at radius 1 is 1.12 bits per heavy atom. The Bertz CT molecular complexity index is 1320. The molecular formula is C23H21ClN6O2. The first-order valence-corrected chi connectivity index (χ1v) is 10.9. The van der Waals surface area contributed by atoms with Gasteiger partial charge in [-0.25, -0.2) is 9.67 Å². The largest absolute Gasteiger partial charge is 0.338 e. The van der Waals surface area contributed by atoms with Crippen LogP contribution >= 0.6 is 11.6 Å². The van der Waals surface area contributed by atoms with E-state index < -0.39 is 0 Å². The lowest BCUT2D eigenvalue weighted by Crippen LogP contribution is -2.39. The Kier molecular flexibility index (Phi) is 5.45. The van der Waals surface area contributed by atoms with Crippen LogP contribution < -0.4 is 5.56 Å². The summed E-state index contributed by atoms with van der Waals surface area (Å²) in [5.74, 6) is 0.494. The van der Waals surface area contributed by atoms with Gasteiger partial charge in [0, 0.05) is 29.6 Å². The lowest BCUT2D eigenvalue weighted by atomic mass is 9.96. The lowest BCUT2D eigenvalue weighted by Gasteiger charge is -2.32. The summed E-state index contributed by atoms with van der Waals surface area (Å²) in [4.78, 5) is 35.0. The Morgan fingerprint density at radius 3 is 2.69 bits per heavy atom. The number of aromatic nitrogens is 5. The molecule has 1 amide bonds. The number of carbonyl (C=O) groups is 1. The molecule has 2 aromatic heterocycles. The molecule has 1 aliphatic heterocycles. The van der Waals surface area contributed by atoms with Crippen LogP contribution in [-0.2, 0) is 6.54 Å². The first kappa shape index (κ1) is 20.4. The number of carbonyl (C=O) groups excluding carboxylic acids is 1. The van der Waals surface area contributed by atoms with Gasteiger partial charge in [0.25, 0.3) is 11.5 Å². The molecule has 32 heavy (non-hydrogen) atoms. The molecule has 1 aliphatic rings. The molecule has 2 aromatic carbocycles. The molecule has 9 heteroatoms. The lowest BCUT2D eigenvalue weighted by molar-refractivity contribution is 0.0704. The zero-order chi connectivity index (χ0) is 22.1. The highest BCUT2D eigenvalue weighted by molar-refractivity contribution is 6.30. The van der Waals surface area contributed by atoms with Crippen molar-refractivity contribution in [3.05, 3.63) is 86.9 Å². The maximum atomic E-state index is 12.9. The summed E-state index contributed by atoms with van der Waals surface area (Å²) in [5.41, 5.74) is 1.96. The van der Waals surface area contributed by atoms with Crippen molar-refractivity contribution in [2.75, 3.05) is 13.1 Å². The zero-order valence-corrected chi connectivity index (χ0v) is 18.0. The van der Waals surface area contributed by atoms with Gasteiger partial charge >= 0.3 is 0 Å². The average molecular weight is 449 g/mol. The van der Waals surface area contributed by atoms with E-state index >= 15 is 0 Å². The van der Waals surface area contributed by atoms with Crippen molar-refractivity contribution >= 4 is 28.7 Å². The minimum atomic E-state index is -0.320. The number of rotatable bonds is 4. The fraction of sp³-hybridized carbons (Fsp3) is 0.261. The number of piperidine rings is 1. The van der Waals surface area contributed by atoms with Crippen LogP contribution in [0.1, 0.15) is 40.5 Å². The molecule has 1 fully saturated rings. The van der Waals surface area contributed by atoms with Gasteiger partial charge in [-0.2, -0.15) is 0 Å². The summed E-state index contributed by atoms with van der Waals surface area (Å²) in [6.07, 6.45) is 1.68. The average Bonchev–Trinajstić information content (AvgIpc) is 3.24. The zero-order valence-electron chi connectivity index (χ0n) is 17.2. The van der Waals surface area contributed by atoms with Crippen LogP contribution in [0.25, 0.3) is 11.2 Å². The van der Waals surface area contributed by atoms with Gasteiger partial charge in [-0.05, 0) is 42.7 Å². The number of likely N-dealkylation sites (tertiary alicyclic amines) is 1. The quantitative estimate of drug-likeness (QED) is 0.517. The minimum absolute atomic E-state index is 0.00632. The second kappa shape index (κ2) is 8.55. The second-order valence-electron chi connectivity index (χ2n) is 7.95. The number of nitrogens with one attached hydrogen (secondary N) is 1. The van der Waals surface area contributed by atoms with Crippen LogP contribution in [0.15, 0.2) is 59.4 Å². The minimum Gasteiger partial charge on any atom is -0.338 e. The molecule has 4 aromatic rings. The van der Waals surface area contributed by atoms with Crippen molar-refractivity contribution < 1.29 is 4.79 Å². The van der Waals surface area contributed by atoms with Gasteiger partial charge in [0.15, 0.2) is 11.2 Å². The summed E-state index contributed by atoms with van der Waals surface area (Å²) in [7, 11) is 0. The van der Waals surface area contributed by atoms with Crippen LogP contribution in [0.4, 0.5) is 0 Å². The number of halogens is 1. The van der Waals surface area contributed by atoms with Crippen LogP contribution in [-0.4, -0.2) is 48.9 Å². The molecule has 0 unspecified atom stereocenters. The van der Waals surface area contributed by atoms with Gasteiger partial charge in [-0.15, -0.1) is 5.10 Å². The Balaban J connectivity index is 1.43. The van der Waals surface area contributed by atoms with Crippen LogP contribution in [0.3, 0.4) is 0 Å². The smallest absolute Gasteiger partial charge is 0.281 e. The molecule has 162 valence electrons. The van der Waals surface area contributed by atoms with E-state index in [1.165, 1.54) is 0 Å². The third-order valence-electron chi connectivity index (χ3n) is 5.75. The van der Waals surface area contributed by atoms with E-state index in [1.54, 1.807) is 4.68 Å². The highest BCUT2D eigenvalue weighted by Gasteiger charge is 2.28. The first-order valence-electron chi connectivity index (χ1n) is 10.5. The van der Waals surface area contributed by atoms with Gasteiger partial charge in [0.1, 0.15) is 5.82 Å². The van der Waals surface area contributed by atoms with Crippen LogP contribution in [0, 0.1) is 0 Å². The van der Waals surface area contributed by atoms with E-state index in [-0.39, 0.29) is 22.9 Å². The predicted molar refractivity (Wildman–Crippen MR) is 121 cm³/mol. The molecule has 0 radical (unpaired) electrons. The third-order valence-corrected chi connectivity index (χ3v) is 6.01. The van der Waals surface area contributed by atoms with Crippen molar-refractivity contribution in [2.45, 2.75) is 25.3 Å². The van der Waals surface area contributed by atoms with Crippen molar-refractivity contribution in [3.63, 3.8) is 0 Å². The van der Waals surface area contributed by atoms with E-state index in [0.717, 1.165) is 18.4 Å². The maximum Gasteiger partial charge on any atom is 0.281 e. The Hall–Kier alpha value is -3.52. The molecule has 0 saturated carbocycles. The van der Waals surface area contributed by atoms with Crippen molar-refractivity contribution in [1.29, 1.82) is 0 Å². The SMILES string of the molecule is O=C(c1ccccc1)N1CCC[C@@H](c2nc3c(nnn3Cc3ccc(Cl)cc3)c(=O)[nH]2)C1. The predicted octanol–water partition coefficient (Wildman–Crippen LogP) is 3.24. The molecule has 0 spiro atoms. The summed E-state index contributed by atoms with van der Waals surface area (Å²) >= 11 is 5.97. The monoisotopic (exact) mass is 448 g/mol. The highest BCUT2D eigenvalue weighted by atomic mass is 35.5. The van der Waals surface area contributed by atoms with E-state index in [0.29, 0.717) is 41.7 Å². The van der Waals surface area contributed by atoms with Gasteiger partial charge in [-0.3, -0.25) is 9.59 Å². The Morgan fingerprint density at radius 2 is 1.91 bits per heavy atom. The number of H-pyrrole nitrogens is 1. The van der Waals surface area contributed by atoms with E-state index in [1.807, 2.05) is 59.5 Å². The number of fused-ring (bicyclic) bond motifs is 1. The molecule has 5 rings (SSSR count). The molecule has 1 saturated heterocycles. The summed E-state index contributed by atoms with van der Waals surface area (Å²) in [6, 6.07) is 16.7. The summed E-state index contributed by atoms with van der Waals surface area (Å²) in [5, 5.41) is 8.80. The number of hydrogen-bond acceptors (Lipinski definition) is 5. The highest BCUT2D eigenvalue weighted by Crippen LogP contribution is 2.26. The maximum absolute atomic E-state index is 12.9. The number of hydrogen-bond donors (Lipinski definition) is 1. The molecule has 0 bridgehead atoms. The summed E-state index contributed by atoms with van der Waals surface area (Å²) < 4.78 is 1.62. The van der Waals surface area contributed by atoms with E-state index in [2.05, 4.69) is 15.3 Å². The number of amides is 1. The standard InChI is InChI=1S/C23H21ClN6O2/c24-18-10-8-15(9-11-18)13-30-21-19(27-28-30)22(31)26-20(25-21)17-7-4-12-29(14-17)23(32)16-5-2-1-3-6-16/h1-3,5-6,8-11,17H,4,7,12-14H2,(H,25,26,31)/t17-/m1/s1. The van der Waals surface area contributed by atoms with Crippen molar-refractivity contribution in [1.82, 2.24) is 29.9 Å². The van der Waals surface area contributed by atoms with Gasteiger partial charge in [0.2, 0.25) is 0 Å². The van der Waals surface area contributed by atoms with E-state index in [9.17, 15) is 9.59 Å². The van der Waals surface area contributed by atoms with Gasteiger partial charge in [-0.1, -0.05) is 47.1 Å². The van der Waals surface area contributed by atoms with Gasteiger partial charge in [0.05, 0.1) is 6.54 Å². The number of aromatic amines is 1. The molecular weight excluding hydrogens is 428 g/mol. The number of nitrogens with zero attached hydrogens (tertiary/aromatic N) is 5. The second-order valence-corrected chi connectivity index (χ2v) is 8.39. The third kappa shape index (κ3) is 4.01. The topological polar surface area (TPSA) is 96.8 Å². The van der Waals surface area contributed by atoms with E-state index in [4.69, 9.17) is 16.6 Å². The molecule has 3 heterocycles. The molecule has 8 nitrogen and oxygen atoms in total. The fourth-order valence-electron chi connectivity index (χ4n) is 4.09. The Labute approximate surface area is 188 Å². The normalized spacial score (nSPS) is 16.4.